The Kier molecular flexibility index (Phi) is 6.39. The van der Waals surface area contributed by atoms with Crippen molar-refractivity contribution >= 4 is 28.9 Å². The number of anilines is 2. The van der Waals surface area contributed by atoms with E-state index < -0.39 is 23.4 Å². The number of non-ortho nitro benzene ring substituents is 1. The van der Waals surface area contributed by atoms with Crippen LogP contribution in [0.15, 0.2) is 72.8 Å². The largest absolute Gasteiger partial charge is 0.452 e. The van der Waals surface area contributed by atoms with Gasteiger partial charge in [0.15, 0.2) is 6.61 Å². The summed E-state index contributed by atoms with van der Waals surface area (Å²) in [7, 11) is 1.57. The van der Waals surface area contributed by atoms with E-state index >= 15 is 0 Å². The third kappa shape index (κ3) is 4.79. The Morgan fingerprint density at radius 1 is 0.967 bits per heavy atom. The summed E-state index contributed by atoms with van der Waals surface area (Å²) in [6, 6.07) is 20.6. The van der Waals surface area contributed by atoms with E-state index in [4.69, 9.17) is 4.74 Å². The van der Waals surface area contributed by atoms with E-state index in [1.165, 1.54) is 12.1 Å². The smallest absolute Gasteiger partial charge is 0.341 e. The fraction of sp³-hybridized carbons (Fsp3) is 0.0909. The number of hydrogen-bond donors (Lipinski definition) is 2. The summed E-state index contributed by atoms with van der Waals surface area (Å²) >= 11 is 0. The van der Waals surface area contributed by atoms with Crippen molar-refractivity contribution in [2.45, 2.75) is 0 Å². The molecule has 8 heteroatoms. The van der Waals surface area contributed by atoms with Crippen LogP contribution in [0.25, 0.3) is 11.1 Å². The number of rotatable bonds is 7. The van der Waals surface area contributed by atoms with Crippen molar-refractivity contribution in [3.8, 4) is 11.1 Å². The molecule has 0 radical (unpaired) electrons. The van der Waals surface area contributed by atoms with Gasteiger partial charge in [0.25, 0.3) is 11.6 Å². The number of esters is 1. The van der Waals surface area contributed by atoms with Crippen LogP contribution >= 0.6 is 0 Å². The highest BCUT2D eigenvalue weighted by Crippen LogP contribution is 2.27. The van der Waals surface area contributed by atoms with Crippen LogP contribution in [0.2, 0.25) is 0 Å². The number of nitro groups is 1. The maximum absolute atomic E-state index is 12.4. The zero-order chi connectivity index (χ0) is 21.5. The number of nitrogens with one attached hydrogen (secondary N) is 2. The highest BCUT2D eigenvalue weighted by Gasteiger charge is 2.19. The second kappa shape index (κ2) is 9.33. The molecular formula is C22H19N3O5. The molecule has 3 rings (SSSR count). The normalized spacial score (nSPS) is 10.2. The number of hydrogen-bond acceptors (Lipinski definition) is 6. The molecule has 3 aromatic carbocycles. The molecule has 0 saturated heterocycles. The number of nitrogens with zero attached hydrogens (tertiary/aromatic N) is 1. The van der Waals surface area contributed by atoms with Gasteiger partial charge < -0.3 is 15.4 Å². The Morgan fingerprint density at radius 3 is 2.37 bits per heavy atom. The van der Waals surface area contributed by atoms with Crippen LogP contribution in [-0.4, -0.2) is 30.5 Å². The van der Waals surface area contributed by atoms with Crippen molar-refractivity contribution < 1.29 is 19.2 Å². The monoisotopic (exact) mass is 405 g/mol. The molecule has 8 nitrogen and oxygen atoms in total. The molecule has 2 N–H and O–H groups in total. The summed E-state index contributed by atoms with van der Waals surface area (Å²) in [5.41, 5.74) is 2.43. The van der Waals surface area contributed by atoms with Gasteiger partial charge in [-0.3, -0.25) is 14.9 Å². The van der Waals surface area contributed by atoms with Crippen LogP contribution in [0.5, 0.6) is 0 Å². The van der Waals surface area contributed by atoms with Gasteiger partial charge in [-0.25, -0.2) is 4.79 Å². The van der Waals surface area contributed by atoms with E-state index in [1.54, 1.807) is 19.2 Å². The SMILES string of the molecule is CNc1ccc([N+](=O)[O-])cc1C(=O)OCC(=O)Nc1ccccc1-c1ccccc1. The third-order valence-electron chi connectivity index (χ3n) is 4.32. The summed E-state index contributed by atoms with van der Waals surface area (Å²) < 4.78 is 5.07. The summed E-state index contributed by atoms with van der Waals surface area (Å²) in [6.07, 6.45) is 0. The highest BCUT2D eigenvalue weighted by molar-refractivity contribution is 6.00. The minimum absolute atomic E-state index is 0.0239. The van der Waals surface area contributed by atoms with Crippen molar-refractivity contribution in [3.05, 3.63) is 88.5 Å². The molecule has 0 atom stereocenters. The lowest BCUT2D eigenvalue weighted by Gasteiger charge is -2.12. The van der Waals surface area contributed by atoms with E-state index in [1.807, 2.05) is 42.5 Å². The van der Waals surface area contributed by atoms with Crippen molar-refractivity contribution in [1.82, 2.24) is 0 Å². The van der Waals surface area contributed by atoms with E-state index in [2.05, 4.69) is 10.6 Å². The van der Waals surface area contributed by atoms with Crippen molar-refractivity contribution in [2.75, 3.05) is 24.3 Å². The lowest BCUT2D eigenvalue weighted by atomic mass is 10.0. The summed E-state index contributed by atoms with van der Waals surface area (Å²) in [5.74, 6) is -1.36. The van der Waals surface area contributed by atoms with E-state index in [0.717, 1.165) is 17.2 Å². The lowest BCUT2D eigenvalue weighted by molar-refractivity contribution is -0.384. The number of nitro benzene ring substituents is 1. The molecule has 0 spiro atoms. The zero-order valence-electron chi connectivity index (χ0n) is 16.1. The highest BCUT2D eigenvalue weighted by atomic mass is 16.6. The first-order valence-electron chi connectivity index (χ1n) is 9.07. The van der Waals surface area contributed by atoms with Gasteiger partial charge in [0.05, 0.1) is 10.5 Å². The van der Waals surface area contributed by atoms with Crippen LogP contribution in [0.4, 0.5) is 17.1 Å². The fourth-order valence-corrected chi connectivity index (χ4v) is 2.89. The predicted molar refractivity (Wildman–Crippen MR) is 113 cm³/mol. The Morgan fingerprint density at radius 2 is 1.67 bits per heavy atom. The molecule has 0 fully saturated rings. The zero-order valence-corrected chi connectivity index (χ0v) is 16.1. The molecule has 3 aromatic rings. The van der Waals surface area contributed by atoms with E-state index in [-0.39, 0.29) is 11.3 Å². The van der Waals surface area contributed by atoms with Gasteiger partial charge in [0, 0.05) is 36.1 Å². The number of amides is 1. The van der Waals surface area contributed by atoms with Gasteiger partial charge in [-0.1, -0.05) is 48.5 Å². The Balaban J connectivity index is 1.70. The summed E-state index contributed by atoms with van der Waals surface area (Å²) in [5, 5.41) is 16.5. The Bertz CT molecular complexity index is 1080. The van der Waals surface area contributed by atoms with Gasteiger partial charge in [0.2, 0.25) is 0 Å². The van der Waals surface area contributed by atoms with Crippen molar-refractivity contribution in [2.24, 2.45) is 0 Å². The molecule has 0 aliphatic rings. The van der Waals surface area contributed by atoms with Crippen molar-refractivity contribution in [3.63, 3.8) is 0 Å². The molecule has 0 heterocycles. The molecule has 1 amide bonds. The first kappa shape index (κ1) is 20.5. The minimum atomic E-state index is -0.838. The second-order valence-electron chi connectivity index (χ2n) is 6.27. The number of carbonyl (C=O) groups excluding carboxylic acids is 2. The van der Waals surface area contributed by atoms with Crippen LogP contribution in [0.1, 0.15) is 10.4 Å². The molecule has 0 aliphatic heterocycles. The molecular weight excluding hydrogens is 386 g/mol. The lowest BCUT2D eigenvalue weighted by Crippen LogP contribution is -2.21. The van der Waals surface area contributed by atoms with E-state index in [0.29, 0.717) is 11.4 Å². The maximum Gasteiger partial charge on any atom is 0.341 e. The number of carbonyl (C=O) groups is 2. The topological polar surface area (TPSA) is 111 Å². The maximum atomic E-state index is 12.4. The predicted octanol–water partition coefficient (Wildman–Crippen LogP) is 4.10. The summed E-state index contributed by atoms with van der Waals surface area (Å²) in [4.78, 5) is 35.1. The first-order valence-corrected chi connectivity index (χ1v) is 9.07. The minimum Gasteiger partial charge on any atom is -0.452 e. The Hall–Kier alpha value is -4.20. The molecule has 0 unspecified atom stereocenters. The standard InChI is InChI=1S/C22H19N3O5/c1-23-19-12-11-16(25(28)29)13-18(19)22(27)30-14-21(26)24-20-10-6-5-9-17(20)15-7-3-2-4-8-15/h2-13,23H,14H2,1H3,(H,24,26). The van der Waals surface area contributed by atoms with Gasteiger partial charge >= 0.3 is 5.97 Å². The molecule has 152 valence electrons. The van der Waals surface area contributed by atoms with Crippen LogP contribution < -0.4 is 10.6 Å². The van der Waals surface area contributed by atoms with Gasteiger partial charge in [-0.15, -0.1) is 0 Å². The Labute approximate surface area is 172 Å². The van der Waals surface area contributed by atoms with Crippen LogP contribution in [-0.2, 0) is 9.53 Å². The number of para-hydroxylation sites is 1. The number of benzene rings is 3. The van der Waals surface area contributed by atoms with Crippen LogP contribution in [0, 0.1) is 10.1 Å². The quantitative estimate of drug-likeness (QED) is 0.348. The van der Waals surface area contributed by atoms with Crippen molar-refractivity contribution in [1.29, 1.82) is 0 Å². The second-order valence-corrected chi connectivity index (χ2v) is 6.27. The van der Waals surface area contributed by atoms with Gasteiger partial charge in [-0.2, -0.15) is 0 Å². The summed E-state index contributed by atoms with van der Waals surface area (Å²) in [6.45, 7) is -0.534. The molecule has 0 aliphatic carbocycles. The molecule has 0 saturated carbocycles. The average molecular weight is 405 g/mol. The van der Waals surface area contributed by atoms with Gasteiger partial charge in [0.1, 0.15) is 0 Å². The first-order chi connectivity index (χ1) is 14.5. The molecule has 30 heavy (non-hydrogen) atoms. The third-order valence-corrected chi connectivity index (χ3v) is 4.32. The fourth-order valence-electron chi connectivity index (χ4n) is 2.89. The van der Waals surface area contributed by atoms with Gasteiger partial charge in [-0.05, 0) is 17.7 Å². The van der Waals surface area contributed by atoms with E-state index in [9.17, 15) is 19.7 Å². The molecule has 0 bridgehead atoms. The number of ether oxygens (including phenoxy) is 1. The molecule has 0 aromatic heterocycles. The van der Waals surface area contributed by atoms with Crippen LogP contribution in [0.3, 0.4) is 0 Å². The average Bonchev–Trinajstić information content (AvgIpc) is 2.78.